The zero-order valence-corrected chi connectivity index (χ0v) is 13.4. The summed E-state index contributed by atoms with van der Waals surface area (Å²) in [4.78, 5) is 4.74. The number of pyridine rings is 1. The maximum absolute atomic E-state index is 6.33. The van der Waals surface area contributed by atoms with Crippen molar-refractivity contribution in [3.05, 3.63) is 41.6 Å². The van der Waals surface area contributed by atoms with Crippen molar-refractivity contribution in [1.82, 2.24) is 4.98 Å². The van der Waals surface area contributed by atoms with Crippen molar-refractivity contribution in [3.63, 3.8) is 0 Å². The van der Waals surface area contributed by atoms with Crippen LogP contribution in [0.3, 0.4) is 0 Å². The zero-order chi connectivity index (χ0) is 15.1. The molecular formula is C19H28N2. The van der Waals surface area contributed by atoms with Gasteiger partial charge in [0.25, 0.3) is 0 Å². The van der Waals surface area contributed by atoms with Gasteiger partial charge in [0.05, 0.1) is 11.2 Å². The molecule has 0 amide bonds. The smallest absolute Gasteiger partial charge is 0.0708 e. The van der Waals surface area contributed by atoms with Crippen molar-refractivity contribution >= 4 is 10.9 Å². The van der Waals surface area contributed by atoms with Crippen LogP contribution in [0.4, 0.5) is 0 Å². The van der Waals surface area contributed by atoms with Gasteiger partial charge in [0.2, 0.25) is 0 Å². The number of hydrogen-bond acceptors (Lipinski definition) is 2. The van der Waals surface area contributed by atoms with Gasteiger partial charge in [0, 0.05) is 11.4 Å². The first kappa shape index (κ1) is 16.0. The van der Waals surface area contributed by atoms with Crippen molar-refractivity contribution in [2.45, 2.75) is 64.8 Å². The molecule has 1 atom stereocenters. The van der Waals surface area contributed by atoms with Crippen molar-refractivity contribution in [1.29, 1.82) is 0 Å². The topological polar surface area (TPSA) is 38.9 Å². The van der Waals surface area contributed by atoms with E-state index in [9.17, 15) is 0 Å². The summed E-state index contributed by atoms with van der Waals surface area (Å²) < 4.78 is 0. The van der Waals surface area contributed by atoms with Crippen molar-refractivity contribution in [2.24, 2.45) is 5.73 Å². The third-order valence-corrected chi connectivity index (χ3v) is 4.19. The van der Waals surface area contributed by atoms with Crippen LogP contribution >= 0.6 is 0 Å². The lowest BCUT2D eigenvalue weighted by Crippen LogP contribution is -2.12. The number of aromatic nitrogens is 1. The van der Waals surface area contributed by atoms with E-state index >= 15 is 0 Å². The zero-order valence-electron chi connectivity index (χ0n) is 13.4. The van der Waals surface area contributed by atoms with Gasteiger partial charge in [-0.1, -0.05) is 63.6 Å². The van der Waals surface area contributed by atoms with Crippen LogP contribution in [0.1, 0.15) is 69.2 Å². The molecule has 0 aliphatic rings. The van der Waals surface area contributed by atoms with Crippen molar-refractivity contribution in [2.75, 3.05) is 0 Å². The Hall–Kier alpha value is -1.41. The molecule has 1 heterocycles. The van der Waals surface area contributed by atoms with Crippen LogP contribution in [-0.2, 0) is 0 Å². The minimum absolute atomic E-state index is 0.0690. The number of para-hydroxylation sites is 1. The highest BCUT2D eigenvalue weighted by molar-refractivity contribution is 5.82. The molecule has 0 aliphatic carbocycles. The summed E-state index contributed by atoms with van der Waals surface area (Å²) in [5, 5.41) is 1.23. The van der Waals surface area contributed by atoms with Crippen molar-refractivity contribution in [3.8, 4) is 0 Å². The number of fused-ring (bicyclic) bond motifs is 1. The molecule has 21 heavy (non-hydrogen) atoms. The molecule has 2 heteroatoms. The van der Waals surface area contributed by atoms with Gasteiger partial charge in [-0.3, -0.25) is 4.98 Å². The van der Waals surface area contributed by atoms with E-state index in [4.69, 9.17) is 10.7 Å². The molecule has 114 valence electrons. The molecule has 2 rings (SSSR count). The van der Waals surface area contributed by atoms with Gasteiger partial charge >= 0.3 is 0 Å². The number of benzene rings is 1. The fourth-order valence-electron chi connectivity index (χ4n) is 2.86. The first-order chi connectivity index (χ1) is 10.2. The molecule has 0 bridgehead atoms. The number of nitrogens with two attached hydrogens (primary N) is 1. The Bertz CT molecular complexity index is 562. The predicted molar refractivity (Wildman–Crippen MR) is 91.4 cm³/mol. The van der Waals surface area contributed by atoms with Gasteiger partial charge in [0.1, 0.15) is 0 Å². The normalized spacial score (nSPS) is 12.7. The second-order valence-electron chi connectivity index (χ2n) is 6.04. The maximum Gasteiger partial charge on any atom is 0.0708 e. The average Bonchev–Trinajstić information content (AvgIpc) is 2.50. The van der Waals surface area contributed by atoms with Gasteiger partial charge in [-0.05, 0) is 31.0 Å². The standard InChI is InChI=1S/C19H28N2/c1-3-4-5-6-7-8-12-17(20)19-14-15(2)16-11-9-10-13-18(16)21-19/h9-11,13-14,17H,3-8,12,20H2,1-2H3. The third-order valence-electron chi connectivity index (χ3n) is 4.19. The van der Waals surface area contributed by atoms with Crippen LogP contribution in [0, 0.1) is 6.92 Å². The highest BCUT2D eigenvalue weighted by atomic mass is 14.8. The van der Waals surface area contributed by atoms with Crippen LogP contribution in [0.25, 0.3) is 10.9 Å². The van der Waals surface area contributed by atoms with E-state index < -0.39 is 0 Å². The molecule has 0 aliphatic heterocycles. The Morgan fingerprint density at radius 1 is 1.05 bits per heavy atom. The maximum atomic E-state index is 6.33. The molecule has 1 aromatic heterocycles. The summed E-state index contributed by atoms with van der Waals surface area (Å²) in [6, 6.07) is 10.5. The lowest BCUT2D eigenvalue weighted by molar-refractivity contribution is 0.541. The minimum atomic E-state index is 0.0690. The molecule has 0 radical (unpaired) electrons. The number of rotatable bonds is 8. The number of hydrogen-bond donors (Lipinski definition) is 1. The summed E-state index contributed by atoms with van der Waals surface area (Å²) in [7, 11) is 0. The summed E-state index contributed by atoms with van der Waals surface area (Å²) >= 11 is 0. The Morgan fingerprint density at radius 2 is 1.76 bits per heavy atom. The molecule has 2 N–H and O–H groups in total. The molecule has 2 aromatic rings. The largest absolute Gasteiger partial charge is 0.323 e. The molecule has 0 saturated carbocycles. The number of aryl methyl sites for hydroxylation is 1. The summed E-state index contributed by atoms with van der Waals surface area (Å²) in [6.07, 6.45) is 8.90. The predicted octanol–water partition coefficient (Wildman–Crippen LogP) is 5.29. The molecule has 0 saturated heterocycles. The second-order valence-corrected chi connectivity index (χ2v) is 6.04. The fourth-order valence-corrected chi connectivity index (χ4v) is 2.86. The van der Waals surface area contributed by atoms with E-state index in [1.54, 1.807) is 0 Å². The molecule has 0 spiro atoms. The molecule has 2 nitrogen and oxygen atoms in total. The Labute approximate surface area is 128 Å². The summed E-state index contributed by atoms with van der Waals surface area (Å²) in [5.74, 6) is 0. The third kappa shape index (κ3) is 4.53. The highest BCUT2D eigenvalue weighted by Crippen LogP contribution is 2.22. The summed E-state index contributed by atoms with van der Waals surface area (Å²) in [6.45, 7) is 4.40. The first-order valence-corrected chi connectivity index (χ1v) is 8.34. The highest BCUT2D eigenvalue weighted by Gasteiger charge is 2.10. The lowest BCUT2D eigenvalue weighted by Gasteiger charge is -2.13. The SMILES string of the molecule is CCCCCCCCC(N)c1cc(C)c2ccccc2n1. The van der Waals surface area contributed by atoms with E-state index in [0.29, 0.717) is 0 Å². The van der Waals surface area contributed by atoms with Gasteiger partial charge in [-0.15, -0.1) is 0 Å². The van der Waals surface area contributed by atoms with E-state index in [-0.39, 0.29) is 6.04 Å². The molecule has 1 aromatic carbocycles. The van der Waals surface area contributed by atoms with Crippen molar-refractivity contribution < 1.29 is 0 Å². The van der Waals surface area contributed by atoms with Crippen LogP contribution < -0.4 is 5.73 Å². The van der Waals surface area contributed by atoms with Gasteiger partial charge in [-0.25, -0.2) is 0 Å². The minimum Gasteiger partial charge on any atom is -0.323 e. The number of nitrogens with zero attached hydrogens (tertiary/aromatic N) is 1. The molecule has 1 unspecified atom stereocenters. The first-order valence-electron chi connectivity index (χ1n) is 8.34. The average molecular weight is 284 g/mol. The Kier molecular flexibility index (Phi) is 6.19. The lowest BCUT2D eigenvalue weighted by atomic mass is 10.0. The van der Waals surface area contributed by atoms with Crippen LogP contribution in [-0.4, -0.2) is 4.98 Å². The van der Waals surface area contributed by atoms with E-state index in [1.807, 2.05) is 6.07 Å². The fraction of sp³-hybridized carbons (Fsp3) is 0.526. The Morgan fingerprint density at radius 3 is 2.57 bits per heavy atom. The summed E-state index contributed by atoms with van der Waals surface area (Å²) in [5.41, 5.74) is 9.71. The van der Waals surface area contributed by atoms with Crippen LogP contribution in [0.15, 0.2) is 30.3 Å². The van der Waals surface area contributed by atoms with Crippen LogP contribution in [0.5, 0.6) is 0 Å². The second kappa shape index (κ2) is 8.14. The van der Waals surface area contributed by atoms with E-state index in [1.165, 1.54) is 49.5 Å². The van der Waals surface area contributed by atoms with Crippen LogP contribution in [0.2, 0.25) is 0 Å². The molecule has 0 fully saturated rings. The van der Waals surface area contributed by atoms with Gasteiger partial charge < -0.3 is 5.73 Å². The monoisotopic (exact) mass is 284 g/mol. The van der Waals surface area contributed by atoms with Gasteiger partial charge in [-0.2, -0.15) is 0 Å². The van der Waals surface area contributed by atoms with E-state index in [2.05, 4.69) is 38.1 Å². The quantitative estimate of drug-likeness (QED) is 0.669. The van der Waals surface area contributed by atoms with E-state index in [0.717, 1.165) is 17.6 Å². The van der Waals surface area contributed by atoms with Gasteiger partial charge in [0.15, 0.2) is 0 Å². The number of unbranched alkanes of at least 4 members (excludes halogenated alkanes) is 5. The Balaban J connectivity index is 1.92. The molecular weight excluding hydrogens is 256 g/mol.